The molecule has 3 aromatic rings. The molecule has 14 heteroatoms. The zero-order chi connectivity index (χ0) is 33.6. The van der Waals surface area contributed by atoms with E-state index in [0.717, 1.165) is 10.1 Å². The molecule has 13 nitrogen and oxygen atoms in total. The molecule has 0 aliphatic carbocycles. The minimum Gasteiger partial charge on any atom is -0.458 e. The van der Waals surface area contributed by atoms with Crippen LogP contribution in [0.3, 0.4) is 0 Å². The molecule has 4 amide bonds. The van der Waals surface area contributed by atoms with Crippen LogP contribution in [0.5, 0.6) is 0 Å². The first-order chi connectivity index (χ1) is 21.5. The van der Waals surface area contributed by atoms with Crippen molar-refractivity contribution in [1.29, 1.82) is 0 Å². The number of amides is 4. The largest absolute Gasteiger partial charge is 0.458 e. The molecule has 244 valence electrons. The molecule has 2 fully saturated rings. The first-order valence-corrected chi connectivity index (χ1v) is 15.4. The third-order valence-electron chi connectivity index (χ3n) is 7.81. The number of urea groups is 1. The summed E-state index contributed by atoms with van der Waals surface area (Å²) in [5.41, 5.74) is -0.617. The van der Waals surface area contributed by atoms with Crippen LogP contribution in [0.4, 0.5) is 10.6 Å². The molecule has 0 spiro atoms. The molecular weight excluding hydrogens is 614 g/mol. The Kier molecular flexibility index (Phi) is 8.82. The van der Waals surface area contributed by atoms with Gasteiger partial charge in [-0.2, -0.15) is 0 Å². The average molecular weight is 652 g/mol. The predicted molar refractivity (Wildman–Crippen MR) is 172 cm³/mol. The quantitative estimate of drug-likeness (QED) is 0.365. The van der Waals surface area contributed by atoms with Gasteiger partial charge in [0.25, 0.3) is 11.5 Å². The molecule has 1 atom stereocenters. The number of nitrogens with one attached hydrogen (secondary N) is 1. The molecule has 2 aliphatic rings. The molecule has 2 aromatic heterocycles. The maximum Gasteiger partial charge on any atom is 0.329 e. The summed E-state index contributed by atoms with van der Waals surface area (Å²) in [7, 11) is 0. The number of nitrogens with zero attached hydrogens (tertiary/aromatic N) is 6. The molecular formula is C32H38ClN7O6. The first-order valence-electron chi connectivity index (χ1n) is 15.0. The van der Waals surface area contributed by atoms with E-state index >= 15 is 0 Å². The van der Waals surface area contributed by atoms with Gasteiger partial charge in [0.15, 0.2) is 11.5 Å². The minimum atomic E-state index is -0.830. The van der Waals surface area contributed by atoms with Crippen molar-refractivity contribution in [2.45, 2.75) is 66.3 Å². The van der Waals surface area contributed by atoms with Gasteiger partial charge < -0.3 is 19.9 Å². The van der Waals surface area contributed by atoms with E-state index in [2.05, 4.69) is 15.3 Å². The number of aromatic nitrogens is 3. The number of ether oxygens (including phenoxy) is 1. The maximum absolute atomic E-state index is 13.7. The molecule has 1 N–H and O–H groups in total. The molecule has 0 radical (unpaired) electrons. The van der Waals surface area contributed by atoms with Gasteiger partial charge in [-0.25, -0.2) is 19.6 Å². The van der Waals surface area contributed by atoms with Crippen molar-refractivity contribution in [2.75, 3.05) is 31.1 Å². The fourth-order valence-corrected chi connectivity index (χ4v) is 5.62. The Balaban J connectivity index is 1.45. The number of anilines is 1. The van der Waals surface area contributed by atoms with Crippen molar-refractivity contribution in [1.82, 2.24) is 29.7 Å². The van der Waals surface area contributed by atoms with E-state index in [0.29, 0.717) is 18.1 Å². The lowest BCUT2D eigenvalue weighted by atomic mass is 9.84. The lowest BCUT2D eigenvalue weighted by Gasteiger charge is -2.45. The smallest absolute Gasteiger partial charge is 0.329 e. The summed E-state index contributed by atoms with van der Waals surface area (Å²) < 4.78 is 6.61. The Hall–Kier alpha value is -4.52. The molecule has 5 rings (SSSR count). The van der Waals surface area contributed by atoms with Gasteiger partial charge in [-0.15, -0.1) is 0 Å². The zero-order valence-electron chi connectivity index (χ0n) is 26.8. The number of likely N-dealkylation sites (tertiary alicyclic amines) is 1. The Morgan fingerprint density at radius 2 is 1.76 bits per heavy atom. The first kappa shape index (κ1) is 32.9. The number of esters is 1. The van der Waals surface area contributed by atoms with E-state index in [9.17, 15) is 24.0 Å². The van der Waals surface area contributed by atoms with Crippen molar-refractivity contribution < 1.29 is 23.9 Å². The zero-order valence-corrected chi connectivity index (χ0v) is 27.6. The van der Waals surface area contributed by atoms with Crippen LogP contribution in [0.15, 0.2) is 41.3 Å². The predicted octanol–water partition coefficient (Wildman–Crippen LogP) is 3.22. The van der Waals surface area contributed by atoms with Crippen molar-refractivity contribution >= 4 is 52.4 Å². The van der Waals surface area contributed by atoms with Gasteiger partial charge in [-0.3, -0.25) is 23.9 Å². The molecule has 0 bridgehead atoms. The highest BCUT2D eigenvalue weighted by Gasteiger charge is 2.39. The van der Waals surface area contributed by atoms with Gasteiger partial charge in [0.2, 0.25) is 5.91 Å². The molecule has 4 heterocycles. The number of halogens is 1. The number of pyridine rings is 1. The molecule has 1 aromatic carbocycles. The maximum atomic E-state index is 13.7. The van der Waals surface area contributed by atoms with Crippen LogP contribution >= 0.6 is 11.6 Å². The summed E-state index contributed by atoms with van der Waals surface area (Å²) in [6, 6.07) is 6.93. The van der Waals surface area contributed by atoms with Crippen LogP contribution in [0.1, 0.15) is 57.5 Å². The van der Waals surface area contributed by atoms with E-state index < -0.39 is 35.1 Å². The second kappa shape index (κ2) is 12.3. The summed E-state index contributed by atoms with van der Waals surface area (Å²) in [4.78, 5) is 79.7. The molecule has 0 saturated carbocycles. The summed E-state index contributed by atoms with van der Waals surface area (Å²) in [5, 5.41) is 3.30. The number of hydrogen-bond acceptors (Lipinski definition) is 8. The third-order valence-corrected chi connectivity index (χ3v) is 8.06. The number of hydrogen-bond donors (Lipinski definition) is 1. The van der Waals surface area contributed by atoms with Gasteiger partial charge in [0.05, 0.1) is 6.20 Å². The summed E-state index contributed by atoms with van der Waals surface area (Å²) in [6.45, 7) is 12.3. The van der Waals surface area contributed by atoms with Crippen LogP contribution < -0.4 is 15.8 Å². The number of fused-ring (bicyclic) bond motifs is 1. The van der Waals surface area contributed by atoms with Gasteiger partial charge in [0.1, 0.15) is 29.3 Å². The minimum absolute atomic E-state index is 0.0159. The van der Waals surface area contributed by atoms with Crippen LogP contribution in [0, 0.1) is 5.41 Å². The Bertz CT molecular complexity index is 1760. The fraction of sp³-hybridized carbons (Fsp3) is 0.469. The summed E-state index contributed by atoms with van der Waals surface area (Å²) in [6.07, 6.45) is 1.34. The van der Waals surface area contributed by atoms with Crippen molar-refractivity contribution in [3.8, 4) is 0 Å². The second-order valence-corrected chi connectivity index (χ2v) is 13.9. The number of carbonyl (C=O) groups is 4. The van der Waals surface area contributed by atoms with Gasteiger partial charge >= 0.3 is 12.0 Å². The summed E-state index contributed by atoms with van der Waals surface area (Å²) >= 11 is 5.96. The molecule has 2 aliphatic heterocycles. The topological polar surface area (TPSA) is 147 Å². The van der Waals surface area contributed by atoms with Gasteiger partial charge in [-0.1, -0.05) is 37.6 Å². The van der Waals surface area contributed by atoms with Gasteiger partial charge in [-0.05, 0) is 56.9 Å². The van der Waals surface area contributed by atoms with Crippen molar-refractivity contribution in [3.63, 3.8) is 0 Å². The van der Waals surface area contributed by atoms with E-state index in [4.69, 9.17) is 16.3 Å². The lowest BCUT2D eigenvalue weighted by molar-refractivity contribution is -0.159. The van der Waals surface area contributed by atoms with Crippen LogP contribution in [-0.4, -0.2) is 86.0 Å². The van der Waals surface area contributed by atoms with E-state index in [1.807, 2.05) is 13.8 Å². The molecule has 2 saturated heterocycles. The highest BCUT2D eigenvalue weighted by atomic mass is 35.5. The van der Waals surface area contributed by atoms with Crippen LogP contribution in [0.25, 0.3) is 11.2 Å². The van der Waals surface area contributed by atoms with E-state index in [1.54, 1.807) is 56.9 Å². The normalized spacial score (nSPS) is 16.8. The van der Waals surface area contributed by atoms with Gasteiger partial charge in [0, 0.05) is 37.7 Å². The van der Waals surface area contributed by atoms with E-state index in [-0.39, 0.29) is 60.0 Å². The highest BCUT2D eigenvalue weighted by molar-refractivity contribution is 6.30. The summed E-state index contributed by atoms with van der Waals surface area (Å²) in [5.74, 6) is -1.30. The second-order valence-electron chi connectivity index (χ2n) is 13.4. The monoisotopic (exact) mass is 651 g/mol. The standard InChI is InChI=1S/C32H38ClN7O6/c1-19(29(44)46-31(2,3)4)38-11-12-39(30(38)45)24-15-34-26-23(36-24)13-22(27(42)35-14-20-7-9-21(33)10-8-20)28(43)40(26)16-25(41)37-17-32(5,6)18-37/h7-10,13,15,19H,11-12,14,16-18H2,1-6H3,(H,35,42). The Morgan fingerprint density at radius 1 is 1.09 bits per heavy atom. The lowest BCUT2D eigenvalue weighted by Crippen LogP contribution is -2.56. The van der Waals surface area contributed by atoms with Crippen LogP contribution in [-0.2, 0) is 27.4 Å². The van der Waals surface area contributed by atoms with Crippen molar-refractivity contribution in [3.05, 3.63) is 63.0 Å². The van der Waals surface area contributed by atoms with E-state index in [1.165, 1.54) is 22.1 Å². The Morgan fingerprint density at radius 3 is 2.39 bits per heavy atom. The number of carbonyl (C=O) groups excluding carboxylic acids is 4. The molecule has 46 heavy (non-hydrogen) atoms. The Labute approximate surface area is 271 Å². The third kappa shape index (κ3) is 6.99. The highest BCUT2D eigenvalue weighted by Crippen LogP contribution is 2.29. The van der Waals surface area contributed by atoms with Crippen molar-refractivity contribution in [2.24, 2.45) is 5.41 Å². The SMILES string of the molecule is CC(C(=O)OC(C)(C)C)N1CCN(c2cnc3c(cc(C(=O)NCc4ccc(Cl)cc4)c(=O)n3CC(=O)N3CC(C)(C)C3)n2)C1=O. The van der Waals surface area contributed by atoms with Crippen LogP contribution in [0.2, 0.25) is 5.02 Å². The fourth-order valence-electron chi connectivity index (χ4n) is 5.49. The molecule has 1 unspecified atom stereocenters. The average Bonchev–Trinajstić information content (AvgIpc) is 3.35. The number of benzene rings is 1. The number of rotatable bonds is 8.